The molecule has 0 unspecified atom stereocenters. The zero-order valence-corrected chi connectivity index (χ0v) is 17.8. The third-order valence-corrected chi connectivity index (χ3v) is 6.01. The van der Waals surface area contributed by atoms with E-state index in [9.17, 15) is 4.79 Å². The quantitative estimate of drug-likeness (QED) is 0.582. The summed E-state index contributed by atoms with van der Waals surface area (Å²) in [5.41, 5.74) is 1.20. The molecular weight excluding hydrogens is 374 g/mol. The van der Waals surface area contributed by atoms with Gasteiger partial charge < -0.3 is 15.1 Å². The van der Waals surface area contributed by atoms with Crippen molar-refractivity contribution in [1.82, 2.24) is 20.0 Å². The zero-order valence-electron chi connectivity index (χ0n) is 17.0. The SMILES string of the molecule is CN=C(NCCN1CCN(C(=O)C2CCC2)CC1)N(C)Cc1ccc(Cl)cc1. The largest absolute Gasteiger partial charge is 0.355 e. The minimum Gasteiger partial charge on any atom is -0.355 e. The Hall–Kier alpha value is -1.79. The van der Waals surface area contributed by atoms with Gasteiger partial charge in [0.1, 0.15) is 0 Å². The smallest absolute Gasteiger partial charge is 0.225 e. The van der Waals surface area contributed by atoms with E-state index in [1.807, 2.05) is 38.4 Å². The van der Waals surface area contributed by atoms with Crippen molar-refractivity contribution in [3.63, 3.8) is 0 Å². The summed E-state index contributed by atoms with van der Waals surface area (Å²) in [4.78, 5) is 23.3. The van der Waals surface area contributed by atoms with Gasteiger partial charge in [0.2, 0.25) is 5.91 Å². The normalized spacial score (nSPS) is 18.7. The summed E-state index contributed by atoms with van der Waals surface area (Å²) in [6.07, 6.45) is 3.40. The predicted octanol–water partition coefficient (Wildman–Crippen LogP) is 2.29. The van der Waals surface area contributed by atoms with Gasteiger partial charge in [-0.3, -0.25) is 14.7 Å². The van der Waals surface area contributed by atoms with E-state index in [-0.39, 0.29) is 0 Å². The Morgan fingerprint density at radius 2 is 1.89 bits per heavy atom. The Bertz CT molecular complexity index is 666. The molecule has 0 radical (unpaired) electrons. The Morgan fingerprint density at radius 1 is 1.21 bits per heavy atom. The molecule has 28 heavy (non-hydrogen) atoms. The van der Waals surface area contributed by atoms with Gasteiger partial charge in [-0.1, -0.05) is 30.2 Å². The Kier molecular flexibility index (Phi) is 7.57. The summed E-state index contributed by atoms with van der Waals surface area (Å²) in [5, 5.41) is 4.20. The summed E-state index contributed by atoms with van der Waals surface area (Å²) in [6, 6.07) is 7.90. The molecule has 1 N–H and O–H groups in total. The van der Waals surface area contributed by atoms with E-state index in [1.54, 1.807) is 0 Å². The first kappa shape index (κ1) is 20.9. The molecule has 0 spiro atoms. The van der Waals surface area contributed by atoms with Crippen LogP contribution in [-0.4, -0.2) is 79.9 Å². The van der Waals surface area contributed by atoms with Crippen LogP contribution in [0.15, 0.2) is 29.3 Å². The van der Waals surface area contributed by atoms with E-state index < -0.39 is 0 Å². The number of piperazine rings is 1. The number of nitrogens with one attached hydrogen (secondary N) is 1. The maximum atomic E-state index is 12.3. The lowest BCUT2D eigenvalue weighted by molar-refractivity contribution is -0.139. The van der Waals surface area contributed by atoms with Crippen molar-refractivity contribution in [2.24, 2.45) is 10.9 Å². The standard InChI is InChI=1S/C21H32ClN5O/c1-23-21(25(2)16-17-6-8-19(22)9-7-17)24-10-11-26-12-14-27(15-13-26)20(28)18-4-3-5-18/h6-9,18H,3-5,10-16H2,1-2H3,(H,23,24). The van der Waals surface area contributed by atoms with Crippen LogP contribution in [0.2, 0.25) is 5.02 Å². The molecule has 2 fully saturated rings. The fourth-order valence-electron chi connectivity index (χ4n) is 3.75. The molecule has 1 aliphatic heterocycles. The molecular formula is C21H32ClN5O. The molecule has 6 nitrogen and oxygen atoms in total. The van der Waals surface area contributed by atoms with Crippen LogP contribution >= 0.6 is 11.6 Å². The number of rotatable bonds is 6. The van der Waals surface area contributed by atoms with Crippen LogP contribution in [0, 0.1) is 5.92 Å². The van der Waals surface area contributed by atoms with Crippen molar-refractivity contribution < 1.29 is 4.79 Å². The molecule has 0 bridgehead atoms. The molecule has 1 amide bonds. The van der Waals surface area contributed by atoms with Gasteiger partial charge in [-0.25, -0.2) is 0 Å². The summed E-state index contributed by atoms with van der Waals surface area (Å²) in [6.45, 7) is 6.21. The molecule has 1 saturated carbocycles. The van der Waals surface area contributed by atoms with E-state index in [0.717, 1.165) is 69.6 Å². The Labute approximate surface area is 173 Å². The summed E-state index contributed by atoms with van der Waals surface area (Å²) in [5.74, 6) is 1.58. The highest BCUT2D eigenvalue weighted by Crippen LogP contribution is 2.28. The van der Waals surface area contributed by atoms with Crippen LogP contribution in [0.4, 0.5) is 0 Å². The number of halogens is 1. The molecule has 1 saturated heterocycles. The summed E-state index contributed by atoms with van der Waals surface area (Å²) < 4.78 is 0. The van der Waals surface area contributed by atoms with Gasteiger partial charge in [-0.2, -0.15) is 0 Å². The summed E-state index contributed by atoms with van der Waals surface area (Å²) >= 11 is 5.96. The van der Waals surface area contributed by atoms with Crippen LogP contribution < -0.4 is 5.32 Å². The fraction of sp³-hybridized carbons (Fsp3) is 0.619. The monoisotopic (exact) mass is 405 g/mol. The van der Waals surface area contributed by atoms with Gasteiger partial charge in [0, 0.05) is 70.8 Å². The second kappa shape index (κ2) is 10.1. The topological polar surface area (TPSA) is 51.2 Å². The number of carbonyl (C=O) groups is 1. The molecule has 3 rings (SSSR count). The van der Waals surface area contributed by atoms with E-state index in [1.165, 1.54) is 12.0 Å². The number of aliphatic imine (C=N–C) groups is 1. The molecule has 2 aliphatic rings. The van der Waals surface area contributed by atoms with Crippen molar-refractivity contribution in [2.75, 3.05) is 53.4 Å². The lowest BCUT2D eigenvalue weighted by atomic mass is 9.84. The molecule has 1 aromatic rings. The number of hydrogen-bond donors (Lipinski definition) is 1. The number of nitrogens with zero attached hydrogens (tertiary/aromatic N) is 4. The van der Waals surface area contributed by atoms with Crippen LogP contribution in [0.5, 0.6) is 0 Å². The third kappa shape index (κ3) is 5.61. The lowest BCUT2D eigenvalue weighted by Crippen LogP contribution is -2.52. The van der Waals surface area contributed by atoms with E-state index in [2.05, 4.69) is 25.0 Å². The van der Waals surface area contributed by atoms with Crippen molar-refractivity contribution >= 4 is 23.5 Å². The first-order valence-electron chi connectivity index (χ1n) is 10.2. The molecule has 0 aromatic heterocycles. The highest BCUT2D eigenvalue weighted by molar-refractivity contribution is 6.30. The second-order valence-corrected chi connectivity index (χ2v) is 8.19. The highest BCUT2D eigenvalue weighted by Gasteiger charge is 2.31. The maximum Gasteiger partial charge on any atom is 0.225 e. The minimum atomic E-state index is 0.313. The Morgan fingerprint density at radius 3 is 2.46 bits per heavy atom. The first-order valence-corrected chi connectivity index (χ1v) is 10.6. The maximum absolute atomic E-state index is 12.3. The number of carbonyl (C=O) groups excluding carboxylic acids is 1. The summed E-state index contributed by atoms with van der Waals surface area (Å²) in [7, 11) is 3.85. The second-order valence-electron chi connectivity index (χ2n) is 7.75. The van der Waals surface area contributed by atoms with Gasteiger partial charge in [-0.15, -0.1) is 0 Å². The average Bonchev–Trinajstić information content (AvgIpc) is 2.66. The van der Waals surface area contributed by atoms with Crippen molar-refractivity contribution in [2.45, 2.75) is 25.8 Å². The van der Waals surface area contributed by atoms with E-state index in [0.29, 0.717) is 11.8 Å². The van der Waals surface area contributed by atoms with Crippen LogP contribution in [0.3, 0.4) is 0 Å². The lowest BCUT2D eigenvalue weighted by Gasteiger charge is -2.38. The molecule has 0 atom stereocenters. The average molecular weight is 406 g/mol. The third-order valence-electron chi connectivity index (χ3n) is 5.76. The molecule has 1 heterocycles. The van der Waals surface area contributed by atoms with Crippen LogP contribution in [0.25, 0.3) is 0 Å². The number of benzene rings is 1. The van der Waals surface area contributed by atoms with E-state index in [4.69, 9.17) is 11.6 Å². The van der Waals surface area contributed by atoms with Gasteiger partial charge in [0.05, 0.1) is 0 Å². The Balaban J connectivity index is 1.36. The van der Waals surface area contributed by atoms with Gasteiger partial charge in [-0.05, 0) is 30.5 Å². The molecule has 1 aliphatic carbocycles. The predicted molar refractivity (Wildman–Crippen MR) is 115 cm³/mol. The van der Waals surface area contributed by atoms with Crippen LogP contribution in [0.1, 0.15) is 24.8 Å². The molecule has 1 aromatic carbocycles. The van der Waals surface area contributed by atoms with Crippen LogP contribution in [-0.2, 0) is 11.3 Å². The number of guanidine groups is 1. The molecule has 154 valence electrons. The van der Waals surface area contributed by atoms with Gasteiger partial charge in [0.15, 0.2) is 5.96 Å². The first-order chi connectivity index (χ1) is 13.6. The van der Waals surface area contributed by atoms with Gasteiger partial charge >= 0.3 is 0 Å². The number of amides is 1. The van der Waals surface area contributed by atoms with E-state index >= 15 is 0 Å². The molecule has 7 heteroatoms. The minimum absolute atomic E-state index is 0.313. The van der Waals surface area contributed by atoms with Crippen molar-refractivity contribution in [1.29, 1.82) is 0 Å². The highest BCUT2D eigenvalue weighted by atomic mass is 35.5. The van der Waals surface area contributed by atoms with Gasteiger partial charge in [0.25, 0.3) is 0 Å². The van der Waals surface area contributed by atoms with Crippen molar-refractivity contribution in [3.05, 3.63) is 34.9 Å². The zero-order chi connectivity index (χ0) is 19.9. The number of hydrogen-bond acceptors (Lipinski definition) is 3. The van der Waals surface area contributed by atoms with Crippen molar-refractivity contribution in [3.8, 4) is 0 Å². The fourth-order valence-corrected chi connectivity index (χ4v) is 3.88.